The van der Waals surface area contributed by atoms with Crippen LogP contribution in [0.15, 0.2) is 24.3 Å². The van der Waals surface area contributed by atoms with Gasteiger partial charge in [0.05, 0.1) is 0 Å². The lowest BCUT2D eigenvalue weighted by molar-refractivity contribution is -0.128. The summed E-state index contributed by atoms with van der Waals surface area (Å²) >= 11 is 0. The molecule has 1 fully saturated rings. The van der Waals surface area contributed by atoms with Crippen molar-refractivity contribution in [3.05, 3.63) is 29.8 Å². The summed E-state index contributed by atoms with van der Waals surface area (Å²) < 4.78 is 0. The summed E-state index contributed by atoms with van der Waals surface area (Å²) in [5.74, 6) is 0.469. The van der Waals surface area contributed by atoms with E-state index in [1.54, 1.807) is 13.0 Å². The minimum Gasteiger partial charge on any atom is -0.508 e. The van der Waals surface area contributed by atoms with Crippen molar-refractivity contribution < 1.29 is 9.90 Å². The second-order valence-electron chi connectivity index (χ2n) is 5.17. The van der Waals surface area contributed by atoms with E-state index in [1.165, 1.54) is 0 Å². The summed E-state index contributed by atoms with van der Waals surface area (Å²) in [6.07, 6.45) is 1.00. The summed E-state index contributed by atoms with van der Waals surface area (Å²) in [4.78, 5) is 15.7. The molecule has 0 spiro atoms. The first-order chi connectivity index (χ1) is 9.08. The molecule has 0 bridgehead atoms. The van der Waals surface area contributed by atoms with Crippen LogP contribution >= 0.6 is 0 Å². The van der Waals surface area contributed by atoms with E-state index in [0.717, 1.165) is 38.2 Å². The molecule has 0 aliphatic carbocycles. The largest absolute Gasteiger partial charge is 0.508 e. The van der Waals surface area contributed by atoms with Gasteiger partial charge < -0.3 is 10.0 Å². The number of hydrogen-bond donors (Lipinski definition) is 1. The molecule has 0 saturated carbocycles. The normalized spacial score (nSPS) is 18.9. The monoisotopic (exact) mass is 262 g/mol. The Morgan fingerprint density at radius 3 is 2.74 bits per heavy atom. The smallest absolute Gasteiger partial charge is 0.219 e. The number of carbonyl (C=O) groups is 1. The molecule has 104 valence electrons. The Morgan fingerprint density at radius 1 is 1.26 bits per heavy atom. The van der Waals surface area contributed by atoms with E-state index in [2.05, 4.69) is 11.8 Å². The van der Waals surface area contributed by atoms with Gasteiger partial charge in [-0.3, -0.25) is 9.69 Å². The summed E-state index contributed by atoms with van der Waals surface area (Å²) in [6, 6.07) is 7.69. The number of rotatable bonds is 2. The Balaban J connectivity index is 2.03. The number of nitrogens with zero attached hydrogens (tertiary/aromatic N) is 2. The van der Waals surface area contributed by atoms with E-state index in [4.69, 9.17) is 0 Å². The van der Waals surface area contributed by atoms with Crippen molar-refractivity contribution in [1.29, 1.82) is 0 Å². The van der Waals surface area contributed by atoms with Crippen LogP contribution in [-0.4, -0.2) is 47.0 Å². The van der Waals surface area contributed by atoms with Gasteiger partial charge in [0.15, 0.2) is 0 Å². The van der Waals surface area contributed by atoms with Gasteiger partial charge in [-0.2, -0.15) is 0 Å². The Hall–Kier alpha value is -1.55. The van der Waals surface area contributed by atoms with Crippen LogP contribution in [-0.2, 0) is 4.79 Å². The zero-order valence-corrected chi connectivity index (χ0v) is 11.7. The summed E-state index contributed by atoms with van der Waals surface area (Å²) in [5, 5.41) is 9.56. The van der Waals surface area contributed by atoms with Crippen LogP contribution in [0.1, 0.15) is 31.9 Å². The molecule has 0 radical (unpaired) electrons. The standard InChI is InChI=1S/C15H22N2O2/c1-12(14-5-3-6-15(19)11-14)16-7-4-8-17(10-9-16)13(2)18/h3,5-6,11-12,19H,4,7-10H2,1-2H3. The third-order valence-corrected chi connectivity index (χ3v) is 3.88. The number of amides is 1. The van der Waals surface area contributed by atoms with Crippen LogP contribution < -0.4 is 0 Å². The average molecular weight is 262 g/mol. The van der Waals surface area contributed by atoms with Crippen LogP contribution in [0.2, 0.25) is 0 Å². The first kappa shape index (κ1) is 13.9. The fourth-order valence-corrected chi connectivity index (χ4v) is 2.64. The molecule has 1 aliphatic rings. The first-order valence-electron chi connectivity index (χ1n) is 6.86. The van der Waals surface area contributed by atoms with E-state index in [9.17, 15) is 9.90 Å². The lowest BCUT2D eigenvalue weighted by atomic mass is 10.1. The zero-order valence-electron chi connectivity index (χ0n) is 11.7. The van der Waals surface area contributed by atoms with Crippen LogP contribution in [0.3, 0.4) is 0 Å². The average Bonchev–Trinajstić information content (AvgIpc) is 2.63. The van der Waals surface area contributed by atoms with Crippen molar-refractivity contribution >= 4 is 5.91 Å². The topological polar surface area (TPSA) is 43.8 Å². The van der Waals surface area contributed by atoms with Crippen LogP contribution in [0.5, 0.6) is 5.75 Å². The van der Waals surface area contributed by atoms with Crippen LogP contribution in [0.25, 0.3) is 0 Å². The Kier molecular flexibility index (Phi) is 4.43. The molecule has 1 atom stereocenters. The van der Waals surface area contributed by atoms with Gasteiger partial charge in [-0.25, -0.2) is 0 Å². The van der Waals surface area contributed by atoms with Crippen LogP contribution in [0, 0.1) is 0 Å². The van der Waals surface area contributed by atoms with Crippen molar-refractivity contribution in [2.75, 3.05) is 26.2 Å². The molecule has 1 heterocycles. The fourth-order valence-electron chi connectivity index (χ4n) is 2.64. The minimum absolute atomic E-state index is 0.159. The van der Waals surface area contributed by atoms with Gasteiger partial charge in [0.2, 0.25) is 5.91 Å². The molecule has 1 aromatic carbocycles. The Bertz CT molecular complexity index is 448. The van der Waals surface area contributed by atoms with Crippen LogP contribution in [0.4, 0.5) is 0 Å². The predicted molar refractivity (Wildman–Crippen MR) is 75.0 cm³/mol. The number of benzene rings is 1. The number of aromatic hydroxyl groups is 1. The highest BCUT2D eigenvalue weighted by atomic mass is 16.3. The van der Waals surface area contributed by atoms with E-state index in [-0.39, 0.29) is 11.9 Å². The van der Waals surface area contributed by atoms with Gasteiger partial charge in [-0.15, -0.1) is 0 Å². The molecule has 19 heavy (non-hydrogen) atoms. The van der Waals surface area contributed by atoms with Gasteiger partial charge in [-0.1, -0.05) is 12.1 Å². The van der Waals surface area contributed by atoms with Gasteiger partial charge in [0.1, 0.15) is 5.75 Å². The summed E-state index contributed by atoms with van der Waals surface area (Å²) in [5.41, 5.74) is 1.12. The van der Waals surface area contributed by atoms with E-state index in [1.807, 2.05) is 23.1 Å². The van der Waals surface area contributed by atoms with E-state index < -0.39 is 0 Å². The molecule has 1 aliphatic heterocycles. The second-order valence-corrected chi connectivity index (χ2v) is 5.17. The number of carbonyl (C=O) groups excluding carboxylic acids is 1. The van der Waals surface area contributed by atoms with E-state index >= 15 is 0 Å². The number of phenolic OH excluding ortho intramolecular Hbond substituents is 1. The number of hydrogen-bond acceptors (Lipinski definition) is 3. The molecule has 4 nitrogen and oxygen atoms in total. The molecule has 1 aromatic rings. The second kappa shape index (κ2) is 6.06. The lowest BCUT2D eigenvalue weighted by Gasteiger charge is -2.28. The summed E-state index contributed by atoms with van der Waals surface area (Å²) in [7, 11) is 0. The van der Waals surface area contributed by atoms with E-state index in [0.29, 0.717) is 5.75 Å². The SMILES string of the molecule is CC(=O)N1CCCN(C(C)c2cccc(O)c2)CC1. The van der Waals surface area contributed by atoms with Crippen molar-refractivity contribution in [2.24, 2.45) is 0 Å². The Morgan fingerprint density at radius 2 is 2.05 bits per heavy atom. The predicted octanol–water partition coefficient (Wildman–Crippen LogP) is 2.01. The highest BCUT2D eigenvalue weighted by molar-refractivity contribution is 5.73. The van der Waals surface area contributed by atoms with Gasteiger partial charge in [-0.05, 0) is 31.0 Å². The van der Waals surface area contributed by atoms with Crippen molar-refractivity contribution in [2.45, 2.75) is 26.3 Å². The fraction of sp³-hybridized carbons (Fsp3) is 0.533. The maximum atomic E-state index is 11.4. The van der Waals surface area contributed by atoms with Gasteiger partial charge in [0.25, 0.3) is 0 Å². The minimum atomic E-state index is 0.159. The zero-order chi connectivity index (χ0) is 13.8. The molecule has 0 aromatic heterocycles. The lowest BCUT2D eigenvalue weighted by Crippen LogP contribution is -2.34. The number of phenols is 1. The third-order valence-electron chi connectivity index (χ3n) is 3.88. The maximum Gasteiger partial charge on any atom is 0.219 e. The molecule has 4 heteroatoms. The van der Waals surface area contributed by atoms with Crippen molar-refractivity contribution in [1.82, 2.24) is 9.80 Å². The molecule has 1 N–H and O–H groups in total. The molecule has 1 amide bonds. The first-order valence-corrected chi connectivity index (χ1v) is 6.86. The molecule has 1 saturated heterocycles. The Labute approximate surface area is 114 Å². The quantitative estimate of drug-likeness (QED) is 0.886. The molecular formula is C15H22N2O2. The highest BCUT2D eigenvalue weighted by Crippen LogP contribution is 2.24. The molecule has 2 rings (SSSR count). The summed E-state index contributed by atoms with van der Waals surface area (Å²) in [6.45, 7) is 7.29. The highest BCUT2D eigenvalue weighted by Gasteiger charge is 2.21. The molecular weight excluding hydrogens is 240 g/mol. The van der Waals surface area contributed by atoms with Crippen molar-refractivity contribution in [3.8, 4) is 5.75 Å². The van der Waals surface area contributed by atoms with Gasteiger partial charge >= 0.3 is 0 Å². The van der Waals surface area contributed by atoms with Crippen molar-refractivity contribution in [3.63, 3.8) is 0 Å². The third kappa shape index (κ3) is 3.47. The van der Waals surface area contributed by atoms with Gasteiger partial charge in [0, 0.05) is 39.1 Å². The molecule has 1 unspecified atom stereocenters. The maximum absolute atomic E-state index is 11.4.